The van der Waals surface area contributed by atoms with Crippen molar-refractivity contribution in [3.63, 3.8) is 0 Å². The second kappa shape index (κ2) is 10.1. The Morgan fingerprint density at radius 2 is 2.08 bits per heavy atom. The number of halogens is 2. The highest BCUT2D eigenvalue weighted by atomic mass is 35.5. The lowest BCUT2D eigenvalue weighted by molar-refractivity contribution is -0.116. The zero-order valence-electron chi connectivity index (χ0n) is 14.6. The molecule has 2 heterocycles. The second-order valence-corrected chi connectivity index (χ2v) is 6.95. The van der Waals surface area contributed by atoms with Crippen LogP contribution in [0.15, 0.2) is 18.2 Å². The summed E-state index contributed by atoms with van der Waals surface area (Å²) in [5, 5.41) is 6.52. The van der Waals surface area contributed by atoms with Gasteiger partial charge in [-0.3, -0.25) is 9.59 Å². The fourth-order valence-corrected chi connectivity index (χ4v) is 3.48. The highest BCUT2D eigenvalue weighted by molar-refractivity contribution is 6.34. The molecule has 2 fully saturated rings. The summed E-state index contributed by atoms with van der Waals surface area (Å²) in [7, 11) is 0. The molecule has 0 radical (unpaired) electrons. The summed E-state index contributed by atoms with van der Waals surface area (Å²) in [4.78, 5) is 26.3. The number of carbonyl (C=O) groups excluding carboxylic acids is 2. The van der Waals surface area contributed by atoms with Crippen LogP contribution in [0.3, 0.4) is 0 Å². The van der Waals surface area contributed by atoms with Crippen molar-refractivity contribution in [2.24, 2.45) is 5.92 Å². The second-order valence-electron chi connectivity index (χ2n) is 6.54. The summed E-state index contributed by atoms with van der Waals surface area (Å²) in [5.74, 6) is 0.470. The van der Waals surface area contributed by atoms with Gasteiger partial charge in [0.15, 0.2) is 0 Å². The van der Waals surface area contributed by atoms with Crippen molar-refractivity contribution in [2.45, 2.75) is 19.3 Å². The zero-order chi connectivity index (χ0) is 17.6. The molecule has 0 spiro atoms. The largest absolute Gasteiger partial charge is 0.378 e. The first-order valence-electron chi connectivity index (χ1n) is 8.80. The lowest BCUT2D eigenvalue weighted by Crippen LogP contribution is -2.40. The minimum absolute atomic E-state index is 0. The van der Waals surface area contributed by atoms with Gasteiger partial charge in [0.25, 0.3) is 5.91 Å². The van der Waals surface area contributed by atoms with E-state index in [9.17, 15) is 9.59 Å². The molecule has 2 aliphatic heterocycles. The molecule has 2 saturated heterocycles. The Hall–Kier alpha value is -1.34. The van der Waals surface area contributed by atoms with E-state index < -0.39 is 0 Å². The molecule has 0 bridgehead atoms. The predicted molar refractivity (Wildman–Crippen MR) is 104 cm³/mol. The van der Waals surface area contributed by atoms with Crippen LogP contribution in [0.5, 0.6) is 0 Å². The van der Waals surface area contributed by atoms with Crippen molar-refractivity contribution in [3.05, 3.63) is 28.8 Å². The van der Waals surface area contributed by atoms with Crippen molar-refractivity contribution >= 4 is 41.5 Å². The molecule has 3 rings (SSSR count). The Balaban J connectivity index is 0.00000243. The van der Waals surface area contributed by atoms with Crippen LogP contribution in [0.25, 0.3) is 0 Å². The highest BCUT2D eigenvalue weighted by Gasteiger charge is 2.21. The average molecular weight is 402 g/mol. The summed E-state index contributed by atoms with van der Waals surface area (Å²) in [6, 6.07) is 5.05. The first-order valence-corrected chi connectivity index (χ1v) is 9.18. The van der Waals surface area contributed by atoms with Crippen molar-refractivity contribution in [1.82, 2.24) is 10.2 Å². The number of amides is 2. The smallest absolute Gasteiger partial charge is 0.255 e. The van der Waals surface area contributed by atoms with Crippen LogP contribution >= 0.6 is 24.0 Å². The summed E-state index contributed by atoms with van der Waals surface area (Å²) < 4.78 is 5.26. The fraction of sp³-hybridized carbons (Fsp3) is 0.556. The molecule has 1 atom stereocenters. The van der Waals surface area contributed by atoms with Crippen molar-refractivity contribution in [1.29, 1.82) is 0 Å². The molecule has 144 valence electrons. The van der Waals surface area contributed by atoms with Crippen molar-refractivity contribution in [2.75, 3.05) is 44.7 Å². The molecule has 1 aromatic carbocycles. The van der Waals surface area contributed by atoms with E-state index in [0.29, 0.717) is 54.9 Å². The molecule has 2 N–H and O–H groups in total. The quantitative estimate of drug-likeness (QED) is 0.794. The van der Waals surface area contributed by atoms with E-state index in [2.05, 4.69) is 10.6 Å². The predicted octanol–water partition coefficient (Wildman–Crippen LogP) is 2.56. The molecule has 26 heavy (non-hydrogen) atoms. The Labute approximate surface area is 165 Å². The van der Waals surface area contributed by atoms with Gasteiger partial charge >= 0.3 is 0 Å². The van der Waals surface area contributed by atoms with Gasteiger partial charge in [0.2, 0.25) is 5.91 Å². The Kier molecular flexibility index (Phi) is 8.15. The Morgan fingerprint density at radius 3 is 2.73 bits per heavy atom. The maximum absolute atomic E-state index is 12.5. The fourth-order valence-electron chi connectivity index (χ4n) is 3.22. The van der Waals surface area contributed by atoms with Crippen LogP contribution < -0.4 is 10.6 Å². The number of rotatable bonds is 5. The number of hydrogen-bond donors (Lipinski definition) is 2. The summed E-state index contributed by atoms with van der Waals surface area (Å²) in [6.07, 6.45) is 2.52. The number of hydrogen-bond acceptors (Lipinski definition) is 4. The van der Waals surface area contributed by atoms with Gasteiger partial charge in [0.1, 0.15) is 0 Å². The van der Waals surface area contributed by atoms with Gasteiger partial charge in [0, 0.05) is 25.2 Å². The summed E-state index contributed by atoms with van der Waals surface area (Å²) in [6.45, 7) is 4.29. The minimum Gasteiger partial charge on any atom is -0.378 e. The number of ether oxygens (including phenoxy) is 1. The number of nitrogens with zero attached hydrogens (tertiary/aromatic N) is 1. The summed E-state index contributed by atoms with van der Waals surface area (Å²) >= 11 is 6.27. The molecular weight excluding hydrogens is 377 g/mol. The van der Waals surface area contributed by atoms with Gasteiger partial charge in [-0.15, -0.1) is 12.4 Å². The first kappa shape index (κ1) is 21.0. The average Bonchev–Trinajstić information content (AvgIpc) is 3.14. The molecule has 0 aromatic heterocycles. The van der Waals surface area contributed by atoms with Crippen LogP contribution in [-0.2, 0) is 9.53 Å². The molecule has 0 saturated carbocycles. The van der Waals surface area contributed by atoms with Crippen LogP contribution in [0.2, 0.25) is 5.02 Å². The molecule has 8 heteroatoms. The monoisotopic (exact) mass is 401 g/mol. The highest BCUT2D eigenvalue weighted by Crippen LogP contribution is 2.23. The van der Waals surface area contributed by atoms with Gasteiger partial charge in [-0.05, 0) is 50.0 Å². The van der Waals surface area contributed by atoms with E-state index in [1.807, 2.05) is 0 Å². The van der Waals surface area contributed by atoms with E-state index in [4.69, 9.17) is 16.3 Å². The van der Waals surface area contributed by atoms with E-state index in [1.54, 1.807) is 23.1 Å². The number of morpholine rings is 1. The first-order chi connectivity index (χ1) is 12.1. The maximum atomic E-state index is 12.5. The van der Waals surface area contributed by atoms with E-state index in [0.717, 1.165) is 25.9 Å². The van der Waals surface area contributed by atoms with Crippen LogP contribution in [0.4, 0.5) is 5.69 Å². The molecule has 6 nitrogen and oxygen atoms in total. The van der Waals surface area contributed by atoms with E-state index >= 15 is 0 Å². The third-order valence-corrected chi connectivity index (χ3v) is 5.04. The maximum Gasteiger partial charge on any atom is 0.255 e. The molecule has 2 amide bonds. The van der Waals surface area contributed by atoms with E-state index in [1.165, 1.54) is 0 Å². The standard InChI is InChI=1S/C18H24ClN3O3.ClH/c19-16-11-14(21-17(23)4-1-13-5-6-20-12-13)2-3-15(16)18(24)22-7-9-25-10-8-22;/h2-3,11,13,20H,1,4-10,12H2,(H,21,23);1H. The minimum atomic E-state index is -0.0973. The molecule has 1 aromatic rings. The number of anilines is 1. The topological polar surface area (TPSA) is 70.7 Å². The van der Waals surface area contributed by atoms with Crippen LogP contribution in [-0.4, -0.2) is 56.1 Å². The van der Waals surface area contributed by atoms with Crippen LogP contribution in [0, 0.1) is 5.92 Å². The zero-order valence-corrected chi connectivity index (χ0v) is 16.2. The lowest BCUT2D eigenvalue weighted by Gasteiger charge is -2.27. The number of carbonyl (C=O) groups is 2. The lowest BCUT2D eigenvalue weighted by atomic mass is 10.0. The normalized spacial score (nSPS) is 19.7. The molecular formula is C18H25Cl2N3O3. The Bertz CT molecular complexity index is 630. The van der Waals surface area contributed by atoms with Crippen molar-refractivity contribution in [3.8, 4) is 0 Å². The number of nitrogens with one attached hydrogen (secondary N) is 2. The third kappa shape index (κ3) is 5.58. The van der Waals surface area contributed by atoms with Gasteiger partial charge in [0.05, 0.1) is 23.8 Å². The molecule has 2 aliphatic rings. The van der Waals surface area contributed by atoms with Crippen molar-refractivity contribution < 1.29 is 14.3 Å². The van der Waals surface area contributed by atoms with E-state index in [-0.39, 0.29) is 24.2 Å². The van der Waals surface area contributed by atoms with Crippen LogP contribution in [0.1, 0.15) is 29.6 Å². The van der Waals surface area contributed by atoms with Gasteiger partial charge in [-0.25, -0.2) is 0 Å². The SMILES string of the molecule is Cl.O=C(CCC1CCNC1)Nc1ccc(C(=O)N2CCOCC2)c(Cl)c1. The van der Waals surface area contributed by atoms with Gasteiger partial charge < -0.3 is 20.3 Å². The number of benzene rings is 1. The third-order valence-electron chi connectivity index (χ3n) is 4.72. The Morgan fingerprint density at radius 1 is 1.31 bits per heavy atom. The van der Waals surface area contributed by atoms with Gasteiger partial charge in [-0.1, -0.05) is 11.6 Å². The van der Waals surface area contributed by atoms with Gasteiger partial charge in [-0.2, -0.15) is 0 Å². The molecule has 1 unspecified atom stereocenters. The molecule has 0 aliphatic carbocycles. The summed E-state index contributed by atoms with van der Waals surface area (Å²) in [5.41, 5.74) is 1.08.